The summed E-state index contributed by atoms with van der Waals surface area (Å²) >= 11 is 1.65. The van der Waals surface area contributed by atoms with E-state index in [0.717, 1.165) is 18.6 Å². The minimum Gasteiger partial charge on any atom is -0.379 e. The van der Waals surface area contributed by atoms with E-state index < -0.39 is 0 Å². The first-order valence-electron chi connectivity index (χ1n) is 11.5. The Bertz CT molecular complexity index is 372. The molecule has 0 aromatic heterocycles. The van der Waals surface area contributed by atoms with E-state index in [2.05, 4.69) is 31.0 Å². The Kier molecular flexibility index (Phi) is 23.7. The fraction of sp³-hybridized carbons (Fsp3) is 0.792. The molecule has 164 valence electrons. The van der Waals surface area contributed by atoms with Crippen LogP contribution in [0.1, 0.15) is 96.8 Å². The van der Waals surface area contributed by atoms with E-state index >= 15 is 0 Å². The monoisotopic (exact) mass is 411 g/mol. The molecule has 3 nitrogen and oxygen atoms in total. The lowest BCUT2D eigenvalue weighted by molar-refractivity contribution is -0.121. The van der Waals surface area contributed by atoms with Gasteiger partial charge in [-0.25, -0.2) is 0 Å². The van der Waals surface area contributed by atoms with Crippen LogP contribution in [0.5, 0.6) is 0 Å². The SMILES string of the molecule is C=CSCCOCCNC(=O)CCCCCCCC=CCCCCCCCC. The number of unbranched alkanes of at least 4 members (excludes halogenated alkanes) is 11. The van der Waals surface area contributed by atoms with Gasteiger partial charge in [0, 0.05) is 18.7 Å². The van der Waals surface area contributed by atoms with Crippen molar-refractivity contribution in [2.75, 3.05) is 25.5 Å². The first kappa shape index (κ1) is 27.3. The summed E-state index contributed by atoms with van der Waals surface area (Å²) in [4.78, 5) is 11.7. The minimum atomic E-state index is 0.154. The number of nitrogens with one attached hydrogen (secondary N) is 1. The average molecular weight is 412 g/mol. The van der Waals surface area contributed by atoms with E-state index in [1.165, 1.54) is 70.6 Å². The Balaban J connectivity index is 3.20. The molecule has 0 bridgehead atoms. The highest BCUT2D eigenvalue weighted by molar-refractivity contribution is 8.02. The van der Waals surface area contributed by atoms with Crippen molar-refractivity contribution in [3.63, 3.8) is 0 Å². The summed E-state index contributed by atoms with van der Waals surface area (Å²) in [6, 6.07) is 0. The molecule has 0 saturated heterocycles. The first-order valence-corrected chi connectivity index (χ1v) is 12.6. The largest absolute Gasteiger partial charge is 0.379 e. The molecule has 0 aliphatic rings. The lowest BCUT2D eigenvalue weighted by Gasteiger charge is -2.06. The van der Waals surface area contributed by atoms with Crippen molar-refractivity contribution in [3.8, 4) is 0 Å². The highest BCUT2D eigenvalue weighted by Crippen LogP contribution is 2.10. The topological polar surface area (TPSA) is 38.3 Å². The third-order valence-electron chi connectivity index (χ3n) is 4.70. The molecule has 0 atom stereocenters. The van der Waals surface area contributed by atoms with E-state index in [1.807, 2.05) is 5.41 Å². The number of hydrogen-bond acceptors (Lipinski definition) is 3. The Morgan fingerprint density at radius 1 is 0.893 bits per heavy atom. The molecule has 0 rings (SSSR count). The lowest BCUT2D eigenvalue weighted by Crippen LogP contribution is -2.27. The van der Waals surface area contributed by atoms with Gasteiger partial charge >= 0.3 is 0 Å². The predicted octanol–water partition coefficient (Wildman–Crippen LogP) is 7.03. The van der Waals surface area contributed by atoms with Crippen molar-refractivity contribution in [2.45, 2.75) is 96.8 Å². The van der Waals surface area contributed by atoms with Crippen LogP contribution in [-0.4, -0.2) is 31.4 Å². The van der Waals surface area contributed by atoms with Gasteiger partial charge in [0.25, 0.3) is 0 Å². The van der Waals surface area contributed by atoms with Gasteiger partial charge in [-0.3, -0.25) is 4.79 Å². The molecule has 0 fully saturated rings. The summed E-state index contributed by atoms with van der Waals surface area (Å²) in [6.07, 6.45) is 22.1. The molecular formula is C24H45NO2S. The molecule has 28 heavy (non-hydrogen) atoms. The van der Waals surface area contributed by atoms with Crippen LogP contribution in [0.4, 0.5) is 0 Å². The summed E-state index contributed by atoms with van der Waals surface area (Å²) in [5, 5.41) is 4.74. The van der Waals surface area contributed by atoms with E-state index in [1.54, 1.807) is 11.8 Å². The Hall–Kier alpha value is -0.740. The molecule has 0 heterocycles. The first-order chi connectivity index (χ1) is 13.8. The number of rotatable bonds is 22. The maximum Gasteiger partial charge on any atom is 0.220 e. The molecule has 0 aromatic carbocycles. The maximum absolute atomic E-state index is 11.7. The van der Waals surface area contributed by atoms with E-state index in [0.29, 0.717) is 26.2 Å². The third-order valence-corrected chi connectivity index (χ3v) is 5.34. The van der Waals surface area contributed by atoms with Gasteiger partial charge in [0.05, 0.1) is 13.2 Å². The van der Waals surface area contributed by atoms with Gasteiger partial charge in [-0.2, -0.15) is 0 Å². The lowest BCUT2D eigenvalue weighted by atomic mass is 10.1. The van der Waals surface area contributed by atoms with Crippen LogP contribution in [0.15, 0.2) is 24.1 Å². The second-order valence-electron chi connectivity index (χ2n) is 7.33. The molecule has 0 aliphatic carbocycles. The molecule has 1 N–H and O–H groups in total. The Labute approximate surface area is 179 Å². The zero-order valence-electron chi connectivity index (χ0n) is 18.4. The van der Waals surface area contributed by atoms with Crippen LogP contribution in [-0.2, 0) is 9.53 Å². The summed E-state index contributed by atoms with van der Waals surface area (Å²) in [5.41, 5.74) is 0. The molecule has 0 unspecified atom stereocenters. The standard InChI is InChI=1S/C24H45NO2S/c1-3-5-6-7-8-9-10-11-12-13-14-15-16-17-18-19-24(26)25-20-21-27-22-23-28-4-2/h4,11-12H,2-3,5-10,13-23H2,1H3,(H,25,26). The average Bonchev–Trinajstić information content (AvgIpc) is 2.70. The van der Waals surface area contributed by atoms with E-state index in [-0.39, 0.29) is 5.91 Å². The molecule has 1 amide bonds. The number of thioether (sulfide) groups is 1. The normalized spacial score (nSPS) is 11.2. The number of carbonyl (C=O) groups excluding carboxylic acids is 1. The van der Waals surface area contributed by atoms with Crippen molar-refractivity contribution in [3.05, 3.63) is 24.1 Å². The van der Waals surface area contributed by atoms with Crippen molar-refractivity contribution >= 4 is 17.7 Å². The molecule has 0 aromatic rings. The van der Waals surface area contributed by atoms with Gasteiger partial charge in [-0.05, 0) is 37.5 Å². The summed E-state index contributed by atoms with van der Waals surface area (Å²) in [5.74, 6) is 1.08. The second-order valence-corrected chi connectivity index (χ2v) is 8.41. The van der Waals surface area contributed by atoms with Crippen LogP contribution in [0, 0.1) is 0 Å². The van der Waals surface area contributed by atoms with Gasteiger partial charge < -0.3 is 10.1 Å². The minimum absolute atomic E-state index is 0.154. The smallest absolute Gasteiger partial charge is 0.220 e. The van der Waals surface area contributed by atoms with Crippen LogP contribution < -0.4 is 5.32 Å². The summed E-state index contributed by atoms with van der Waals surface area (Å²) in [7, 11) is 0. The third kappa shape index (κ3) is 23.3. The molecule has 0 radical (unpaired) electrons. The predicted molar refractivity (Wildman–Crippen MR) is 126 cm³/mol. The van der Waals surface area contributed by atoms with Crippen LogP contribution in [0.3, 0.4) is 0 Å². The van der Waals surface area contributed by atoms with Crippen molar-refractivity contribution < 1.29 is 9.53 Å². The van der Waals surface area contributed by atoms with Gasteiger partial charge in [0.1, 0.15) is 0 Å². The van der Waals surface area contributed by atoms with Crippen LogP contribution in [0.2, 0.25) is 0 Å². The zero-order valence-corrected chi connectivity index (χ0v) is 19.2. The number of amides is 1. The number of carbonyl (C=O) groups is 1. The molecule has 0 aliphatic heterocycles. The van der Waals surface area contributed by atoms with Crippen LogP contribution in [0.25, 0.3) is 0 Å². The maximum atomic E-state index is 11.7. The van der Waals surface area contributed by atoms with Crippen molar-refractivity contribution in [1.29, 1.82) is 0 Å². The number of ether oxygens (including phenoxy) is 1. The van der Waals surface area contributed by atoms with Crippen LogP contribution >= 0.6 is 11.8 Å². The molecular weight excluding hydrogens is 366 g/mol. The zero-order chi connectivity index (χ0) is 20.5. The van der Waals surface area contributed by atoms with Gasteiger partial charge in [-0.15, -0.1) is 11.8 Å². The highest BCUT2D eigenvalue weighted by atomic mass is 32.2. The highest BCUT2D eigenvalue weighted by Gasteiger charge is 2.00. The fourth-order valence-corrected chi connectivity index (χ4v) is 3.38. The number of hydrogen-bond donors (Lipinski definition) is 1. The van der Waals surface area contributed by atoms with Crippen molar-refractivity contribution in [2.24, 2.45) is 0 Å². The van der Waals surface area contributed by atoms with E-state index in [9.17, 15) is 4.79 Å². The summed E-state index contributed by atoms with van der Waals surface area (Å²) in [6.45, 7) is 7.83. The summed E-state index contributed by atoms with van der Waals surface area (Å²) < 4.78 is 5.43. The van der Waals surface area contributed by atoms with Gasteiger partial charge in [0.2, 0.25) is 5.91 Å². The molecule has 4 heteroatoms. The Morgan fingerprint density at radius 3 is 2.14 bits per heavy atom. The van der Waals surface area contributed by atoms with Gasteiger partial charge in [0.15, 0.2) is 0 Å². The van der Waals surface area contributed by atoms with Gasteiger partial charge in [-0.1, -0.05) is 77.0 Å². The Morgan fingerprint density at radius 2 is 1.50 bits per heavy atom. The number of allylic oxidation sites excluding steroid dienone is 2. The quantitative estimate of drug-likeness (QED) is 0.153. The fourth-order valence-electron chi connectivity index (χ4n) is 3.00. The van der Waals surface area contributed by atoms with Crippen molar-refractivity contribution in [1.82, 2.24) is 5.32 Å². The van der Waals surface area contributed by atoms with E-state index in [4.69, 9.17) is 4.74 Å². The second kappa shape index (κ2) is 24.3. The molecule has 0 spiro atoms. The molecule has 0 saturated carbocycles.